The van der Waals surface area contributed by atoms with Crippen molar-refractivity contribution in [2.24, 2.45) is 0 Å². The summed E-state index contributed by atoms with van der Waals surface area (Å²) >= 11 is 0. The van der Waals surface area contributed by atoms with Gasteiger partial charge in [-0.3, -0.25) is 57.5 Å². The largest absolute Gasteiger partial charge is 0.463 e. The highest BCUT2D eigenvalue weighted by atomic mass is 16.6. The van der Waals surface area contributed by atoms with Gasteiger partial charge >= 0.3 is 71.6 Å². The summed E-state index contributed by atoms with van der Waals surface area (Å²) in [7, 11) is 0. The van der Waals surface area contributed by atoms with Gasteiger partial charge in [-0.25, -0.2) is 0 Å². The molecule has 0 aliphatic rings. The van der Waals surface area contributed by atoms with E-state index in [0.717, 1.165) is 0 Å². The summed E-state index contributed by atoms with van der Waals surface area (Å²) in [5, 5.41) is 74.1. The minimum absolute atomic E-state index is 0.00614. The van der Waals surface area contributed by atoms with Crippen LogP contribution in [0.1, 0.15) is 77.0 Å². The van der Waals surface area contributed by atoms with Crippen LogP contribution < -0.4 is 0 Å². The quantitative estimate of drug-likeness (QED) is 0.0188. The van der Waals surface area contributed by atoms with Crippen molar-refractivity contribution >= 4 is 71.6 Å². The molecule has 0 saturated carbocycles. The Kier molecular flexibility index (Phi) is 107. The minimum atomic E-state index is -0.943. The molecule has 0 aromatic rings. The summed E-state index contributed by atoms with van der Waals surface area (Å²) in [5.74, 6) is -6.97. The van der Waals surface area contributed by atoms with Crippen LogP contribution in [0, 0.1) is 0 Å². The molecule has 0 aliphatic heterocycles. The Labute approximate surface area is 796 Å². The number of carbonyl (C=O) groups excluding carboxylic acids is 12. The van der Waals surface area contributed by atoms with Gasteiger partial charge in [0.25, 0.3) is 0 Å². The maximum atomic E-state index is 11.6. The zero-order valence-electron chi connectivity index (χ0n) is 78.2. The van der Waals surface area contributed by atoms with Gasteiger partial charge in [-0.05, 0) is 0 Å². The molecule has 0 radical (unpaired) electrons. The average Bonchev–Trinajstić information content (AvgIpc) is 0.939. The molecule has 0 spiro atoms. The van der Waals surface area contributed by atoms with Crippen LogP contribution in [0.5, 0.6) is 0 Å². The average molecular weight is 1960 g/mol. The highest BCUT2D eigenvalue weighted by molar-refractivity contribution is 5.80. The first-order valence-electron chi connectivity index (χ1n) is 42.9. The Morgan fingerprint density at radius 3 is 0.456 bits per heavy atom. The van der Waals surface area contributed by atoms with E-state index in [9.17, 15) is 78.0 Å². The molecule has 8 N–H and O–H groups in total. The van der Waals surface area contributed by atoms with E-state index in [1.165, 1.54) is 36.5 Å². The molecular formula is C92H148O44. The monoisotopic (exact) mass is 1960 g/mol. The third-order valence-electron chi connectivity index (χ3n) is 14.2. The normalized spacial score (nSPS) is 12.0. The predicted octanol–water partition coefficient (Wildman–Crippen LogP) is 2.44. The van der Waals surface area contributed by atoms with Gasteiger partial charge in [-0.2, -0.15) is 0 Å². The number of aliphatic hydroxyl groups is 8. The Bertz CT molecular complexity index is 3080. The van der Waals surface area contributed by atoms with Crippen molar-refractivity contribution in [1.82, 2.24) is 0 Å². The van der Waals surface area contributed by atoms with Crippen molar-refractivity contribution in [2.75, 3.05) is 238 Å². The topological polar surface area (TPSA) is 588 Å². The van der Waals surface area contributed by atoms with Crippen molar-refractivity contribution in [3.63, 3.8) is 0 Å². The van der Waals surface area contributed by atoms with Gasteiger partial charge in [0, 0.05) is 0 Å². The van der Waals surface area contributed by atoms with Crippen LogP contribution in [0.2, 0.25) is 0 Å². The number of ether oxygens (including phenoxy) is 24. The van der Waals surface area contributed by atoms with Crippen LogP contribution in [-0.4, -0.2) is 399 Å². The summed E-state index contributed by atoms with van der Waals surface area (Å²) in [4.78, 5) is 137. The van der Waals surface area contributed by atoms with Gasteiger partial charge in [0.2, 0.25) is 0 Å². The van der Waals surface area contributed by atoms with Crippen LogP contribution in [0.4, 0.5) is 0 Å². The first-order valence-corrected chi connectivity index (χ1v) is 42.9. The van der Waals surface area contributed by atoms with Crippen molar-refractivity contribution in [2.45, 2.75) is 126 Å². The molecule has 0 aromatic heterocycles. The summed E-state index contributed by atoms with van der Waals surface area (Å²) in [6.07, 6.45) is 10.3. The van der Waals surface area contributed by atoms with Crippen molar-refractivity contribution in [1.29, 1.82) is 0 Å². The summed E-state index contributed by atoms with van der Waals surface area (Å²) in [6.45, 7) is 45.2. The number of aliphatic hydroxyl groups excluding tert-OH is 8. The molecule has 0 aromatic carbocycles. The molecule has 44 heteroatoms. The van der Waals surface area contributed by atoms with Crippen LogP contribution >= 0.6 is 0 Å². The lowest BCUT2D eigenvalue weighted by Gasteiger charge is -2.16. The molecule has 0 saturated heterocycles. The van der Waals surface area contributed by atoms with Crippen molar-refractivity contribution in [3.8, 4) is 0 Å². The number of hydrogen-bond acceptors (Lipinski definition) is 44. The zero-order chi connectivity index (χ0) is 103. The van der Waals surface area contributed by atoms with Crippen molar-refractivity contribution < 1.29 is 212 Å². The van der Waals surface area contributed by atoms with E-state index in [0.29, 0.717) is 72.7 Å². The maximum Gasteiger partial charge on any atom is 0.306 e. The van der Waals surface area contributed by atoms with Gasteiger partial charge < -0.3 is 155 Å². The van der Waals surface area contributed by atoms with E-state index in [4.69, 9.17) is 134 Å². The van der Waals surface area contributed by atoms with Gasteiger partial charge in [-0.1, -0.05) is 72.9 Å². The Balaban J connectivity index is -0.000000373. The van der Waals surface area contributed by atoms with Gasteiger partial charge in [0.15, 0.2) is 0 Å². The molecule has 0 aliphatic carbocycles. The second kappa shape index (κ2) is 107. The zero-order valence-corrected chi connectivity index (χ0v) is 78.2. The van der Waals surface area contributed by atoms with E-state index in [1.807, 2.05) is 0 Å². The van der Waals surface area contributed by atoms with Crippen LogP contribution in [0.15, 0.2) is 152 Å². The fourth-order valence-corrected chi connectivity index (χ4v) is 8.03. The lowest BCUT2D eigenvalue weighted by atomic mass is 10.3. The van der Waals surface area contributed by atoms with E-state index in [2.05, 4.69) is 78.9 Å². The van der Waals surface area contributed by atoms with E-state index in [-0.39, 0.29) is 242 Å². The van der Waals surface area contributed by atoms with Crippen LogP contribution in [0.25, 0.3) is 0 Å². The maximum absolute atomic E-state index is 11.6. The standard InChI is InChI=1S/3C16H26O8.2C15H24O7.C14H22O6/c1-3-7-21-10-13(18)11-23-15(19)5-6-16(20)24-14(9-17)12-22-8-4-2;1-3-7-21-9-13(17)11-23-15(19)5-6-16(20)24-12-14(18)10-22-8-4-2;1-3-7-21-11-13(9-17)23-15(19)5-6-16(20)24-14(10-18)12-22-8-4-2;1-3-7-19-9-10-21-14(17)5-6-15(18)22-12-13(16)11-20-8-4-2;1-3-7-19-9-10-21-14(17)5-6-15(18)22-13(11-16)12-20-8-4-2;1-3-7-17-9-11-19-13(15)5-6-14(16)20-12-10-18-8-4-2/h3*3-4,13-14,17-18H,1-2,5-12H2;2*3-4,13,16H,1-2,5-12H2;3-4H,1-2,5-12H2. The van der Waals surface area contributed by atoms with E-state index >= 15 is 0 Å². The molecule has 0 rings (SSSR count). The molecule has 8 unspecified atom stereocenters. The molecule has 8 atom stereocenters. The third-order valence-corrected chi connectivity index (χ3v) is 14.2. The van der Waals surface area contributed by atoms with Gasteiger partial charge in [0.05, 0.1) is 262 Å². The Morgan fingerprint density at radius 1 is 0.176 bits per heavy atom. The first kappa shape index (κ1) is 136. The molecular weight excluding hydrogens is 1810 g/mol. The van der Waals surface area contributed by atoms with Crippen LogP contribution in [0.3, 0.4) is 0 Å². The highest BCUT2D eigenvalue weighted by Crippen LogP contribution is 2.09. The molecule has 0 heterocycles. The van der Waals surface area contributed by atoms with Crippen LogP contribution in [-0.2, 0) is 171 Å². The summed E-state index contributed by atoms with van der Waals surface area (Å²) < 4.78 is 119. The predicted molar refractivity (Wildman–Crippen MR) is 487 cm³/mol. The molecule has 0 fully saturated rings. The number of rotatable bonds is 86. The Hall–Kier alpha value is -10.3. The molecule has 44 nitrogen and oxygen atoms in total. The molecule has 136 heavy (non-hydrogen) atoms. The molecule has 780 valence electrons. The minimum Gasteiger partial charge on any atom is -0.463 e. The number of hydrogen-bond donors (Lipinski definition) is 8. The molecule has 0 bridgehead atoms. The number of carbonyl (C=O) groups is 12. The van der Waals surface area contributed by atoms with E-state index < -0.39 is 120 Å². The fraction of sp³-hybridized carbons (Fsp3) is 0.609. The molecule has 0 amide bonds. The second-order valence-corrected chi connectivity index (χ2v) is 26.5. The lowest BCUT2D eigenvalue weighted by Crippen LogP contribution is -2.29. The van der Waals surface area contributed by atoms with Gasteiger partial charge in [0.1, 0.15) is 102 Å². The number of esters is 12. The van der Waals surface area contributed by atoms with Gasteiger partial charge in [-0.15, -0.1) is 78.9 Å². The third kappa shape index (κ3) is 107. The smallest absolute Gasteiger partial charge is 0.306 e. The second-order valence-electron chi connectivity index (χ2n) is 26.5. The SMILES string of the molecule is C=CCOCC(CO)OC(=O)CCC(=O)OC(CO)COCC=C.C=CCOCC(O)COC(=O)CCC(=O)OC(CO)COCC=C.C=CCOCC(O)COC(=O)CCC(=O)OCC(O)COCC=C.C=CCOCCOC(=O)CCC(=O)OC(CO)COCC=C.C=CCOCCOC(=O)CCC(=O)OCC(O)COCC=C.C=CCOCCOC(=O)CCC(=O)OCCOCC=C. The highest BCUT2D eigenvalue weighted by Gasteiger charge is 2.23. The summed E-state index contributed by atoms with van der Waals surface area (Å²) in [6, 6.07) is 0. The van der Waals surface area contributed by atoms with E-state index in [1.54, 1.807) is 36.5 Å². The lowest BCUT2D eigenvalue weighted by molar-refractivity contribution is -0.161. The fourth-order valence-electron chi connectivity index (χ4n) is 8.03. The summed E-state index contributed by atoms with van der Waals surface area (Å²) in [5.41, 5.74) is 0. The Morgan fingerprint density at radius 2 is 0.309 bits per heavy atom. The van der Waals surface area contributed by atoms with Crippen molar-refractivity contribution in [3.05, 3.63) is 152 Å². The first-order chi connectivity index (χ1) is 65.5.